The Labute approximate surface area is 190 Å². The summed E-state index contributed by atoms with van der Waals surface area (Å²) in [6.45, 7) is 8.98. The fraction of sp³-hybridized carbons (Fsp3) is 0.167. The zero-order valence-corrected chi connectivity index (χ0v) is 18.4. The van der Waals surface area contributed by atoms with Crippen molar-refractivity contribution >= 4 is 5.57 Å². The number of halogens is 1. The van der Waals surface area contributed by atoms with Gasteiger partial charge in [-0.15, -0.1) is 5.10 Å². The van der Waals surface area contributed by atoms with Crippen molar-refractivity contribution in [3.63, 3.8) is 0 Å². The van der Waals surface area contributed by atoms with Gasteiger partial charge in [-0.1, -0.05) is 67.2 Å². The highest BCUT2D eigenvalue weighted by Gasteiger charge is 2.24. The number of aromatic nitrogens is 5. The van der Waals surface area contributed by atoms with Crippen LogP contribution in [-0.2, 0) is 6.54 Å². The van der Waals surface area contributed by atoms with Crippen molar-refractivity contribution in [3.05, 3.63) is 84.5 Å². The van der Waals surface area contributed by atoms with Crippen LogP contribution in [0, 0.1) is 5.82 Å². The summed E-state index contributed by atoms with van der Waals surface area (Å²) >= 11 is 0. The topological polar surface area (TPSA) is 108 Å². The lowest BCUT2D eigenvalue weighted by Crippen LogP contribution is -2.21. The first kappa shape index (κ1) is 22.1. The van der Waals surface area contributed by atoms with E-state index in [1.54, 1.807) is 24.3 Å². The Morgan fingerprint density at radius 1 is 1.21 bits per heavy atom. The van der Waals surface area contributed by atoms with Gasteiger partial charge in [0.2, 0.25) is 5.82 Å². The summed E-state index contributed by atoms with van der Waals surface area (Å²) < 4.78 is 21.3. The molecular weight excluding hydrogens is 421 g/mol. The van der Waals surface area contributed by atoms with Crippen LogP contribution in [0.1, 0.15) is 25.1 Å². The molecule has 9 heteroatoms. The first-order valence-corrected chi connectivity index (χ1v) is 10.4. The van der Waals surface area contributed by atoms with Crippen LogP contribution in [0.5, 0.6) is 0 Å². The van der Waals surface area contributed by atoms with Crippen LogP contribution in [0.25, 0.3) is 34.2 Å². The molecule has 0 unspecified atom stereocenters. The van der Waals surface area contributed by atoms with Crippen LogP contribution in [0.4, 0.5) is 4.39 Å². The first-order valence-electron chi connectivity index (χ1n) is 10.4. The lowest BCUT2D eigenvalue weighted by Gasteiger charge is -2.08. The van der Waals surface area contributed by atoms with E-state index < -0.39 is 5.82 Å². The molecule has 33 heavy (non-hydrogen) atoms. The second-order valence-corrected chi connectivity index (χ2v) is 7.69. The lowest BCUT2D eigenvalue weighted by molar-refractivity contribution is 0.431. The average Bonchev–Trinajstić information content (AvgIpc) is 3.46. The molecule has 0 aliphatic rings. The van der Waals surface area contributed by atoms with E-state index in [-0.39, 0.29) is 17.3 Å². The van der Waals surface area contributed by atoms with Crippen molar-refractivity contribution in [2.24, 2.45) is 5.73 Å². The number of nitrogens with one attached hydrogen (secondary N) is 1. The van der Waals surface area contributed by atoms with E-state index in [2.05, 4.69) is 46.2 Å². The maximum absolute atomic E-state index is 14.5. The second kappa shape index (κ2) is 9.58. The van der Waals surface area contributed by atoms with Crippen molar-refractivity contribution in [1.29, 1.82) is 0 Å². The van der Waals surface area contributed by atoms with Gasteiger partial charge in [-0.3, -0.25) is 0 Å². The van der Waals surface area contributed by atoms with Gasteiger partial charge in [0.05, 0.1) is 0 Å². The van der Waals surface area contributed by atoms with Crippen molar-refractivity contribution in [2.75, 3.05) is 0 Å². The summed E-state index contributed by atoms with van der Waals surface area (Å²) in [5, 5.41) is 15.8. The summed E-state index contributed by atoms with van der Waals surface area (Å²) in [6, 6.07) is 14.5. The third-order valence-electron chi connectivity index (χ3n) is 4.91. The molecule has 0 atom stereocenters. The van der Waals surface area contributed by atoms with E-state index in [0.717, 1.165) is 17.7 Å². The molecule has 0 aliphatic carbocycles. The van der Waals surface area contributed by atoms with E-state index >= 15 is 0 Å². The number of para-hydroxylation sites is 1. The highest BCUT2D eigenvalue weighted by atomic mass is 19.1. The molecule has 0 fully saturated rings. The standard InChI is InChI=1S/C24H24FN7O/c1-15(2)27-14-17-8-10-18(11-9-17)23-28-24(33-30-23)21-22(16(3)12-13-26)32(31-29-21)20-7-5-4-6-19(20)25/h4-13,15,27H,3,14,26H2,1-2H3/b13-12-. The number of nitrogens with two attached hydrogens (primary N) is 1. The van der Waals surface area contributed by atoms with Crippen LogP contribution in [0.2, 0.25) is 0 Å². The Balaban J connectivity index is 1.69. The average molecular weight is 446 g/mol. The van der Waals surface area contributed by atoms with Gasteiger partial charge in [-0.05, 0) is 35.5 Å². The van der Waals surface area contributed by atoms with Crippen molar-refractivity contribution in [1.82, 2.24) is 30.5 Å². The van der Waals surface area contributed by atoms with Gasteiger partial charge in [0, 0.05) is 18.2 Å². The Kier molecular flexibility index (Phi) is 6.41. The van der Waals surface area contributed by atoms with E-state index in [1.807, 2.05) is 24.3 Å². The zero-order valence-electron chi connectivity index (χ0n) is 18.4. The van der Waals surface area contributed by atoms with Gasteiger partial charge < -0.3 is 15.6 Å². The van der Waals surface area contributed by atoms with E-state index in [1.165, 1.54) is 16.9 Å². The number of hydrogen-bond acceptors (Lipinski definition) is 7. The second-order valence-electron chi connectivity index (χ2n) is 7.69. The smallest absolute Gasteiger partial charge is 0.281 e. The van der Waals surface area contributed by atoms with Crippen molar-refractivity contribution in [3.8, 4) is 28.7 Å². The Morgan fingerprint density at radius 3 is 2.67 bits per heavy atom. The molecule has 8 nitrogen and oxygen atoms in total. The Bertz CT molecular complexity index is 1290. The molecule has 2 aromatic carbocycles. The summed E-state index contributed by atoms with van der Waals surface area (Å²) in [6.07, 6.45) is 2.90. The molecule has 0 saturated heterocycles. The predicted octanol–water partition coefficient (Wildman–Crippen LogP) is 4.11. The third kappa shape index (κ3) is 4.73. The normalized spacial score (nSPS) is 11.5. The molecule has 2 aromatic heterocycles. The Hall–Kier alpha value is -4.11. The van der Waals surface area contributed by atoms with Gasteiger partial charge in [0.25, 0.3) is 5.89 Å². The fourth-order valence-electron chi connectivity index (χ4n) is 3.23. The van der Waals surface area contributed by atoms with E-state index in [9.17, 15) is 4.39 Å². The maximum Gasteiger partial charge on any atom is 0.281 e. The van der Waals surface area contributed by atoms with Crippen LogP contribution in [0.3, 0.4) is 0 Å². The summed E-state index contributed by atoms with van der Waals surface area (Å²) in [7, 11) is 0. The highest BCUT2D eigenvalue weighted by Crippen LogP contribution is 2.30. The van der Waals surface area contributed by atoms with Crippen LogP contribution < -0.4 is 11.1 Å². The van der Waals surface area contributed by atoms with Crippen molar-refractivity contribution < 1.29 is 8.91 Å². The van der Waals surface area contributed by atoms with Crippen LogP contribution in [-0.4, -0.2) is 31.2 Å². The summed E-state index contributed by atoms with van der Waals surface area (Å²) in [5.74, 6) is 0.0810. The molecule has 0 radical (unpaired) electrons. The van der Waals surface area contributed by atoms with Gasteiger partial charge in [-0.2, -0.15) is 4.98 Å². The molecule has 2 heterocycles. The number of allylic oxidation sites excluding steroid dienone is 2. The number of benzene rings is 2. The fourth-order valence-corrected chi connectivity index (χ4v) is 3.23. The molecule has 0 aliphatic heterocycles. The molecule has 4 aromatic rings. The van der Waals surface area contributed by atoms with Crippen LogP contribution in [0.15, 0.2) is 71.9 Å². The van der Waals surface area contributed by atoms with E-state index in [4.69, 9.17) is 10.3 Å². The largest absolute Gasteiger partial charge is 0.405 e. The van der Waals surface area contributed by atoms with Gasteiger partial charge in [0.1, 0.15) is 17.2 Å². The molecule has 0 amide bonds. The zero-order chi connectivity index (χ0) is 23.4. The highest BCUT2D eigenvalue weighted by molar-refractivity contribution is 5.79. The van der Waals surface area contributed by atoms with Gasteiger partial charge in [-0.25, -0.2) is 9.07 Å². The van der Waals surface area contributed by atoms with Crippen molar-refractivity contribution in [2.45, 2.75) is 26.4 Å². The number of rotatable bonds is 8. The quantitative estimate of drug-likeness (QED) is 0.393. The third-order valence-corrected chi connectivity index (χ3v) is 4.91. The minimum absolute atomic E-state index is 0.139. The molecule has 168 valence electrons. The Morgan fingerprint density at radius 2 is 1.97 bits per heavy atom. The predicted molar refractivity (Wildman–Crippen MR) is 124 cm³/mol. The molecule has 0 spiro atoms. The summed E-state index contributed by atoms with van der Waals surface area (Å²) in [4.78, 5) is 4.49. The first-order chi connectivity index (χ1) is 16.0. The number of hydrogen-bond donors (Lipinski definition) is 2. The lowest BCUT2D eigenvalue weighted by atomic mass is 10.1. The number of nitrogens with zero attached hydrogens (tertiary/aromatic N) is 5. The molecule has 3 N–H and O–H groups in total. The SMILES string of the molecule is C=C(/C=C\N)c1c(-c2nc(-c3ccc(CNC(C)C)cc3)no2)nnn1-c1ccccc1F. The summed E-state index contributed by atoms with van der Waals surface area (Å²) in [5.41, 5.74) is 8.84. The minimum Gasteiger partial charge on any atom is -0.405 e. The molecule has 0 saturated carbocycles. The van der Waals surface area contributed by atoms with Gasteiger partial charge >= 0.3 is 0 Å². The van der Waals surface area contributed by atoms with Gasteiger partial charge in [0.15, 0.2) is 5.69 Å². The minimum atomic E-state index is -0.460. The maximum atomic E-state index is 14.5. The molecule has 4 rings (SSSR count). The van der Waals surface area contributed by atoms with Crippen LogP contribution >= 0.6 is 0 Å². The van der Waals surface area contributed by atoms with E-state index in [0.29, 0.717) is 23.1 Å². The monoisotopic (exact) mass is 445 g/mol. The molecule has 0 bridgehead atoms. The molecular formula is C24H24FN7O.